The number of pyridine rings is 1. The van der Waals surface area contributed by atoms with Crippen LogP contribution in [-0.2, 0) is 0 Å². The second-order valence-electron chi connectivity index (χ2n) is 9.66. The minimum absolute atomic E-state index is 0.217. The van der Waals surface area contributed by atoms with Crippen LogP contribution in [0.3, 0.4) is 0 Å². The van der Waals surface area contributed by atoms with Crippen molar-refractivity contribution < 1.29 is 4.39 Å². The fourth-order valence-corrected chi connectivity index (χ4v) is 5.46. The van der Waals surface area contributed by atoms with Crippen LogP contribution in [0.4, 0.5) is 15.9 Å². The summed E-state index contributed by atoms with van der Waals surface area (Å²) in [5.74, 6) is 0.582. The van der Waals surface area contributed by atoms with E-state index in [1.165, 1.54) is 24.6 Å². The monoisotopic (exact) mass is 469 g/mol. The maximum absolute atomic E-state index is 14.3. The number of rotatable bonds is 6. The molecule has 3 unspecified atom stereocenters. The van der Waals surface area contributed by atoms with E-state index in [1.54, 1.807) is 12.3 Å². The molecular weight excluding hydrogens is 437 g/mol. The highest BCUT2D eigenvalue weighted by Crippen LogP contribution is 2.28. The first-order valence-corrected chi connectivity index (χ1v) is 12.7. The third kappa shape index (κ3) is 5.63. The molecule has 1 aromatic heterocycles. The smallest absolute Gasteiger partial charge is 0.131 e. The molecule has 2 heterocycles. The summed E-state index contributed by atoms with van der Waals surface area (Å²) >= 11 is 0. The zero-order chi connectivity index (χ0) is 24.0. The zero-order valence-electron chi connectivity index (χ0n) is 20.0. The number of benzene rings is 2. The SMILES string of the molecule is N#Cc1ccc(N2CCCC(NC3CCCCC3Nc3cc(-c4ccccc4F)ccn3)C2)cc1. The van der Waals surface area contributed by atoms with Crippen molar-refractivity contribution in [2.24, 2.45) is 0 Å². The number of piperidine rings is 1. The van der Waals surface area contributed by atoms with Crippen molar-refractivity contribution in [3.8, 4) is 17.2 Å². The Morgan fingerprint density at radius 1 is 0.943 bits per heavy atom. The van der Waals surface area contributed by atoms with Gasteiger partial charge in [0.1, 0.15) is 11.6 Å². The molecule has 2 aliphatic rings. The predicted octanol–water partition coefficient (Wildman–Crippen LogP) is 5.74. The van der Waals surface area contributed by atoms with Gasteiger partial charge in [0.2, 0.25) is 0 Å². The van der Waals surface area contributed by atoms with Crippen LogP contribution >= 0.6 is 0 Å². The Morgan fingerprint density at radius 2 is 1.74 bits per heavy atom. The molecule has 1 aliphatic carbocycles. The van der Waals surface area contributed by atoms with E-state index in [4.69, 9.17) is 5.26 Å². The van der Waals surface area contributed by atoms with E-state index < -0.39 is 0 Å². The molecule has 3 atom stereocenters. The number of nitrogens with one attached hydrogen (secondary N) is 2. The molecule has 2 aromatic carbocycles. The second-order valence-corrected chi connectivity index (χ2v) is 9.66. The lowest BCUT2D eigenvalue weighted by Gasteiger charge is -2.40. The Morgan fingerprint density at radius 3 is 2.54 bits per heavy atom. The molecule has 1 saturated carbocycles. The number of nitriles is 1. The lowest BCUT2D eigenvalue weighted by atomic mass is 9.89. The van der Waals surface area contributed by atoms with Gasteiger partial charge in [-0.15, -0.1) is 0 Å². The van der Waals surface area contributed by atoms with Crippen LogP contribution in [0, 0.1) is 17.1 Å². The fraction of sp³-hybridized carbons (Fsp3) is 0.379. The molecule has 0 bridgehead atoms. The topological polar surface area (TPSA) is 64.0 Å². The highest BCUT2D eigenvalue weighted by atomic mass is 19.1. The summed E-state index contributed by atoms with van der Waals surface area (Å²) in [5.41, 5.74) is 3.32. The van der Waals surface area contributed by atoms with Gasteiger partial charge in [-0.2, -0.15) is 5.26 Å². The molecule has 180 valence electrons. The average Bonchev–Trinajstić information content (AvgIpc) is 2.90. The van der Waals surface area contributed by atoms with E-state index >= 15 is 0 Å². The molecule has 0 radical (unpaired) electrons. The van der Waals surface area contributed by atoms with Gasteiger partial charge in [-0.1, -0.05) is 31.0 Å². The van der Waals surface area contributed by atoms with E-state index in [0.717, 1.165) is 50.2 Å². The number of hydrogen-bond acceptors (Lipinski definition) is 5. The molecule has 3 aromatic rings. The van der Waals surface area contributed by atoms with Crippen LogP contribution in [0.15, 0.2) is 66.9 Å². The van der Waals surface area contributed by atoms with Crippen LogP contribution in [0.2, 0.25) is 0 Å². The Labute approximate surface area is 207 Å². The Balaban J connectivity index is 1.25. The Bertz CT molecular complexity index is 1170. The lowest BCUT2D eigenvalue weighted by molar-refractivity contribution is 0.293. The highest BCUT2D eigenvalue weighted by molar-refractivity contribution is 5.66. The van der Waals surface area contributed by atoms with Gasteiger partial charge >= 0.3 is 0 Å². The summed E-state index contributed by atoms with van der Waals surface area (Å²) in [5, 5.41) is 16.7. The van der Waals surface area contributed by atoms with E-state index in [1.807, 2.05) is 36.4 Å². The standard InChI is InChI=1S/C29H32FN5/c30-26-8-2-1-7-25(26)22-15-16-32-29(18-22)34-28-10-4-3-9-27(28)33-23-6-5-17-35(20-23)24-13-11-21(19-31)12-14-24/h1-2,7-8,11-16,18,23,27-28,33H,3-6,9-10,17,20H2,(H,32,34). The third-order valence-corrected chi connectivity index (χ3v) is 7.28. The van der Waals surface area contributed by atoms with Crippen LogP contribution in [-0.4, -0.2) is 36.2 Å². The van der Waals surface area contributed by atoms with Gasteiger partial charge in [-0.3, -0.25) is 0 Å². The molecule has 2 N–H and O–H groups in total. The molecule has 0 spiro atoms. The van der Waals surface area contributed by atoms with Crippen LogP contribution in [0.1, 0.15) is 44.1 Å². The second kappa shape index (κ2) is 10.9. The summed E-state index contributed by atoms with van der Waals surface area (Å²) in [6.45, 7) is 2.01. The maximum Gasteiger partial charge on any atom is 0.131 e. The average molecular weight is 470 g/mol. The van der Waals surface area contributed by atoms with E-state index in [2.05, 4.69) is 38.7 Å². The van der Waals surface area contributed by atoms with Gasteiger partial charge in [-0.05, 0) is 73.7 Å². The summed E-state index contributed by atoms with van der Waals surface area (Å²) < 4.78 is 14.3. The van der Waals surface area contributed by atoms with Crippen molar-refractivity contribution in [1.29, 1.82) is 5.26 Å². The number of hydrogen-bond donors (Lipinski definition) is 2. The van der Waals surface area contributed by atoms with Crippen molar-refractivity contribution in [1.82, 2.24) is 10.3 Å². The van der Waals surface area contributed by atoms with Gasteiger partial charge in [0.15, 0.2) is 0 Å². The molecule has 1 aliphatic heterocycles. The number of anilines is 2. The van der Waals surface area contributed by atoms with E-state index in [-0.39, 0.29) is 11.9 Å². The highest BCUT2D eigenvalue weighted by Gasteiger charge is 2.29. The zero-order valence-corrected chi connectivity index (χ0v) is 20.0. The van der Waals surface area contributed by atoms with Crippen LogP contribution in [0.25, 0.3) is 11.1 Å². The summed E-state index contributed by atoms with van der Waals surface area (Å²) in [6.07, 6.45) is 8.72. The van der Waals surface area contributed by atoms with Crippen molar-refractivity contribution in [3.05, 3.63) is 78.2 Å². The van der Waals surface area contributed by atoms with Crippen LogP contribution < -0.4 is 15.5 Å². The van der Waals surface area contributed by atoms with Crippen molar-refractivity contribution in [2.45, 2.75) is 56.7 Å². The minimum atomic E-state index is -0.217. The summed E-state index contributed by atoms with van der Waals surface area (Å²) in [6, 6.07) is 21.9. The van der Waals surface area contributed by atoms with Crippen molar-refractivity contribution in [3.63, 3.8) is 0 Å². The summed E-state index contributed by atoms with van der Waals surface area (Å²) in [4.78, 5) is 6.97. The minimum Gasteiger partial charge on any atom is -0.370 e. The Kier molecular flexibility index (Phi) is 7.25. The molecule has 35 heavy (non-hydrogen) atoms. The number of halogens is 1. The largest absolute Gasteiger partial charge is 0.370 e. The number of aromatic nitrogens is 1. The van der Waals surface area contributed by atoms with Gasteiger partial charge in [0.05, 0.1) is 11.6 Å². The lowest BCUT2D eigenvalue weighted by Crippen LogP contribution is -2.54. The molecule has 5 rings (SSSR count). The molecule has 6 heteroatoms. The first kappa shape index (κ1) is 23.3. The molecular formula is C29H32FN5. The Hall–Kier alpha value is -3.43. The first-order valence-electron chi connectivity index (χ1n) is 12.7. The van der Waals surface area contributed by atoms with Gasteiger partial charge in [0.25, 0.3) is 0 Å². The summed E-state index contributed by atoms with van der Waals surface area (Å²) in [7, 11) is 0. The normalized spacial score (nSPS) is 22.4. The van der Waals surface area contributed by atoms with Crippen molar-refractivity contribution >= 4 is 11.5 Å². The maximum atomic E-state index is 14.3. The van der Waals surface area contributed by atoms with Gasteiger partial charge in [-0.25, -0.2) is 9.37 Å². The number of nitrogens with zero attached hydrogens (tertiary/aromatic N) is 3. The van der Waals surface area contributed by atoms with Gasteiger partial charge < -0.3 is 15.5 Å². The third-order valence-electron chi connectivity index (χ3n) is 7.28. The predicted molar refractivity (Wildman–Crippen MR) is 139 cm³/mol. The first-order chi connectivity index (χ1) is 17.2. The molecule has 2 fully saturated rings. The molecule has 0 amide bonds. The molecule has 1 saturated heterocycles. The van der Waals surface area contributed by atoms with E-state index in [0.29, 0.717) is 23.2 Å². The fourth-order valence-electron chi connectivity index (χ4n) is 5.46. The van der Waals surface area contributed by atoms with Gasteiger partial charge in [0, 0.05) is 48.7 Å². The van der Waals surface area contributed by atoms with Crippen molar-refractivity contribution in [2.75, 3.05) is 23.3 Å². The quantitative estimate of drug-likeness (QED) is 0.482. The van der Waals surface area contributed by atoms with Crippen LogP contribution in [0.5, 0.6) is 0 Å². The van der Waals surface area contributed by atoms with E-state index in [9.17, 15) is 4.39 Å². The molecule has 5 nitrogen and oxygen atoms in total.